The maximum Gasteiger partial charge on any atom is 0.340 e. The number of carbonyl (C=O) groups excluding carboxylic acids is 1. The zero-order valence-electron chi connectivity index (χ0n) is 10.6. The molecule has 19 heavy (non-hydrogen) atoms. The third kappa shape index (κ3) is 3.22. The molecule has 0 bridgehead atoms. The molecule has 0 radical (unpaired) electrons. The molecule has 0 unspecified atom stereocenters. The van der Waals surface area contributed by atoms with Crippen molar-refractivity contribution in [2.45, 2.75) is 13.5 Å². The summed E-state index contributed by atoms with van der Waals surface area (Å²) < 4.78 is 5.19. The molecule has 0 amide bonds. The molecule has 5 nitrogen and oxygen atoms in total. The molecule has 1 aromatic carbocycles. The van der Waals surface area contributed by atoms with Crippen molar-refractivity contribution >= 4 is 17.3 Å². The first-order valence-corrected chi connectivity index (χ1v) is 5.79. The van der Waals surface area contributed by atoms with E-state index in [9.17, 15) is 4.79 Å². The van der Waals surface area contributed by atoms with Gasteiger partial charge in [-0.3, -0.25) is 4.98 Å². The van der Waals surface area contributed by atoms with Crippen molar-refractivity contribution in [3.05, 3.63) is 53.3 Å². The Balaban J connectivity index is 2.05. The fourth-order valence-electron chi connectivity index (χ4n) is 1.69. The molecule has 4 N–H and O–H groups in total. The molecular formula is C14H15N3O2. The molecule has 0 aliphatic heterocycles. The van der Waals surface area contributed by atoms with Gasteiger partial charge in [0.05, 0.1) is 5.56 Å². The van der Waals surface area contributed by atoms with Gasteiger partial charge in [-0.15, -0.1) is 0 Å². The van der Waals surface area contributed by atoms with Gasteiger partial charge in [-0.05, 0) is 36.8 Å². The maximum absolute atomic E-state index is 11.9. The fourth-order valence-corrected chi connectivity index (χ4v) is 1.69. The number of esters is 1. The van der Waals surface area contributed by atoms with Crippen LogP contribution in [-0.4, -0.2) is 11.0 Å². The number of anilines is 2. The van der Waals surface area contributed by atoms with E-state index in [0.29, 0.717) is 16.9 Å². The monoisotopic (exact) mass is 257 g/mol. The summed E-state index contributed by atoms with van der Waals surface area (Å²) in [6.07, 6.45) is 3.40. The van der Waals surface area contributed by atoms with Gasteiger partial charge < -0.3 is 16.2 Å². The van der Waals surface area contributed by atoms with Crippen LogP contribution in [0.15, 0.2) is 36.7 Å². The van der Waals surface area contributed by atoms with Crippen LogP contribution in [0.25, 0.3) is 0 Å². The Bertz CT molecular complexity index is 611. The topological polar surface area (TPSA) is 91.2 Å². The van der Waals surface area contributed by atoms with Crippen LogP contribution in [0.2, 0.25) is 0 Å². The van der Waals surface area contributed by atoms with E-state index in [1.54, 1.807) is 24.5 Å². The molecule has 5 heteroatoms. The van der Waals surface area contributed by atoms with Crippen LogP contribution >= 0.6 is 0 Å². The van der Waals surface area contributed by atoms with Gasteiger partial charge >= 0.3 is 5.97 Å². The molecular weight excluding hydrogens is 242 g/mol. The lowest BCUT2D eigenvalue weighted by Crippen LogP contribution is -2.09. The normalized spacial score (nSPS) is 10.2. The molecule has 2 rings (SSSR count). The third-order valence-corrected chi connectivity index (χ3v) is 2.60. The van der Waals surface area contributed by atoms with Gasteiger partial charge in [0.2, 0.25) is 0 Å². The SMILES string of the molecule is Cc1cncc(COC(=O)c2ccc(N)cc2N)c1. The molecule has 0 saturated carbocycles. The van der Waals surface area contributed by atoms with Crippen LogP contribution in [0.5, 0.6) is 0 Å². The van der Waals surface area contributed by atoms with Gasteiger partial charge in [0.25, 0.3) is 0 Å². The summed E-state index contributed by atoms with van der Waals surface area (Å²) in [6.45, 7) is 2.09. The number of aromatic nitrogens is 1. The van der Waals surface area contributed by atoms with Crippen molar-refractivity contribution in [3.8, 4) is 0 Å². The van der Waals surface area contributed by atoms with E-state index in [2.05, 4.69) is 4.98 Å². The van der Waals surface area contributed by atoms with E-state index in [4.69, 9.17) is 16.2 Å². The number of hydrogen-bond acceptors (Lipinski definition) is 5. The number of rotatable bonds is 3. The first-order chi connectivity index (χ1) is 9.06. The van der Waals surface area contributed by atoms with Gasteiger partial charge in [0, 0.05) is 29.3 Å². The first kappa shape index (κ1) is 12.9. The highest BCUT2D eigenvalue weighted by Gasteiger charge is 2.11. The zero-order valence-corrected chi connectivity index (χ0v) is 10.6. The van der Waals surface area contributed by atoms with Crippen molar-refractivity contribution in [1.82, 2.24) is 4.98 Å². The number of nitrogen functional groups attached to an aromatic ring is 2. The highest BCUT2D eigenvalue weighted by atomic mass is 16.5. The van der Waals surface area contributed by atoms with Gasteiger partial charge in [-0.1, -0.05) is 0 Å². The molecule has 98 valence electrons. The largest absolute Gasteiger partial charge is 0.457 e. The van der Waals surface area contributed by atoms with Crippen molar-refractivity contribution in [2.75, 3.05) is 11.5 Å². The Morgan fingerprint density at radius 3 is 2.74 bits per heavy atom. The molecule has 1 aromatic heterocycles. The van der Waals surface area contributed by atoms with E-state index in [0.717, 1.165) is 11.1 Å². The number of benzene rings is 1. The quantitative estimate of drug-likeness (QED) is 0.647. The highest BCUT2D eigenvalue weighted by Crippen LogP contribution is 2.17. The standard InChI is InChI=1S/C14H15N3O2/c1-9-4-10(7-17-6-9)8-19-14(18)12-3-2-11(15)5-13(12)16/h2-7H,8,15-16H2,1H3. The predicted octanol–water partition coefficient (Wildman–Crippen LogP) is 1.91. The molecule has 0 aliphatic rings. The minimum atomic E-state index is -0.473. The Kier molecular flexibility index (Phi) is 3.66. The van der Waals surface area contributed by atoms with Gasteiger partial charge in [0.1, 0.15) is 6.61 Å². The van der Waals surface area contributed by atoms with E-state index < -0.39 is 5.97 Å². The number of nitrogens with two attached hydrogens (primary N) is 2. The summed E-state index contributed by atoms with van der Waals surface area (Å²) in [5, 5.41) is 0. The van der Waals surface area contributed by atoms with Gasteiger partial charge in [0.15, 0.2) is 0 Å². The summed E-state index contributed by atoms with van der Waals surface area (Å²) in [4.78, 5) is 15.9. The molecule has 0 spiro atoms. The number of hydrogen-bond donors (Lipinski definition) is 2. The average molecular weight is 257 g/mol. The number of pyridine rings is 1. The van der Waals surface area contributed by atoms with E-state index in [1.807, 2.05) is 13.0 Å². The molecule has 0 fully saturated rings. The van der Waals surface area contributed by atoms with Gasteiger partial charge in [-0.25, -0.2) is 4.79 Å². The lowest BCUT2D eigenvalue weighted by molar-refractivity contribution is 0.0473. The molecule has 0 aliphatic carbocycles. The number of ether oxygens (including phenoxy) is 1. The smallest absolute Gasteiger partial charge is 0.340 e. The fraction of sp³-hybridized carbons (Fsp3) is 0.143. The van der Waals surface area contributed by atoms with Crippen molar-refractivity contribution in [2.24, 2.45) is 0 Å². The van der Waals surface area contributed by atoms with Crippen LogP contribution in [0, 0.1) is 6.92 Å². The molecule has 0 atom stereocenters. The minimum Gasteiger partial charge on any atom is -0.457 e. The van der Waals surface area contributed by atoms with E-state index in [1.165, 1.54) is 6.07 Å². The first-order valence-electron chi connectivity index (χ1n) is 5.79. The second-order valence-electron chi connectivity index (χ2n) is 4.29. The summed E-state index contributed by atoms with van der Waals surface area (Å²) >= 11 is 0. The highest BCUT2D eigenvalue weighted by molar-refractivity contribution is 5.95. The maximum atomic E-state index is 11.9. The second-order valence-corrected chi connectivity index (χ2v) is 4.29. The van der Waals surface area contributed by atoms with Crippen molar-refractivity contribution < 1.29 is 9.53 Å². The molecule has 2 aromatic rings. The Labute approximate surface area is 111 Å². The number of nitrogens with zero attached hydrogens (tertiary/aromatic N) is 1. The van der Waals surface area contributed by atoms with Crippen LogP contribution in [0.4, 0.5) is 11.4 Å². The second kappa shape index (κ2) is 5.39. The number of carbonyl (C=O) groups is 1. The van der Waals surface area contributed by atoms with Crippen molar-refractivity contribution in [3.63, 3.8) is 0 Å². The third-order valence-electron chi connectivity index (χ3n) is 2.60. The summed E-state index contributed by atoms with van der Waals surface area (Å²) in [5.74, 6) is -0.473. The Morgan fingerprint density at radius 1 is 1.26 bits per heavy atom. The lowest BCUT2D eigenvalue weighted by Gasteiger charge is -2.07. The summed E-state index contributed by atoms with van der Waals surface area (Å²) in [5.41, 5.74) is 14.3. The zero-order chi connectivity index (χ0) is 13.8. The summed E-state index contributed by atoms with van der Waals surface area (Å²) in [6, 6.07) is 6.61. The lowest BCUT2D eigenvalue weighted by atomic mass is 10.1. The van der Waals surface area contributed by atoms with E-state index in [-0.39, 0.29) is 6.61 Å². The molecule has 1 heterocycles. The van der Waals surface area contributed by atoms with Crippen molar-refractivity contribution in [1.29, 1.82) is 0 Å². The Hall–Kier alpha value is -2.56. The van der Waals surface area contributed by atoms with Crippen LogP contribution in [-0.2, 0) is 11.3 Å². The van der Waals surface area contributed by atoms with Crippen LogP contribution in [0.1, 0.15) is 21.5 Å². The minimum absolute atomic E-state index is 0.164. The van der Waals surface area contributed by atoms with Crippen LogP contribution < -0.4 is 11.5 Å². The number of aryl methyl sites for hydroxylation is 1. The average Bonchev–Trinajstić information content (AvgIpc) is 2.36. The summed E-state index contributed by atoms with van der Waals surface area (Å²) in [7, 11) is 0. The Morgan fingerprint density at radius 2 is 2.05 bits per heavy atom. The van der Waals surface area contributed by atoms with Crippen LogP contribution in [0.3, 0.4) is 0 Å². The molecule has 0 saturated heterocycles. The van der Waals surface area contributed by atoms with Gasteiger partial charge in [-0.2, -0.15) is 0 Å². The van der Waals surface area contributed by atoms with E-state index >= 15 is 0 Å². The predicted molar refractivity (Wildman–Crippen MR) is 73.4 cm³/mol.